The number of hydrogen-bond donors (Lipinski definition) is 2. The van der Waals surface area contributed by atoms with Gasteiger partial charge in [0.1, 0.15) is 17.0 Å². The Morgan fingerprint density at radius 3 is 2.41 bits per heavy atom. The largest absolute Gasteiger partial charge is 0.444 e. The van der Waals surface area contributed by atoms with Crippen LogP contribution in [0, 0.1) is 80.1 Å². The number of aliphatic hydroxyl groups is 1. The zero-order valence-corrected chi connectivity index (χ0v) is 30.2. The fraction of sp³-hybridized carbons (Fsp3) is 0.654. The molecule has 1 aromatic heterocycles. The number of H-pyrrole nitrogens is 1. The van der Waals surface area contributed by atoms with Gasteiger partial charge in [-0.2, -0.15) is 26.0 Å². The van der Waals surface area contributed by atoms with Crippen LogP contribution in [0.25, 0.3) is 11.0 Å². The number of carbonyl (C=O) groups is 1. The molecule has 0 radical (unpaired) electrons. The molecular weight excluding hydrogens is 878 g/mol. The van der Waals surface area contributed by atoms with Crippen LogP contribution in [0.4, 0.5) is 4.79 Å². The predicted molar refractivity (Wildman–Crippen MR) is 127 cm³/mol. The minimum atomic E-state index is -0.583. The Morgan fingerprint density at radius 2 is 1.88 bits per heavy atom. The van der Waals surface area contributed by atoms with E-state index in [4.69, 9.17) is 14.8 Å². The van der Waals surface area contributed by atoms with Crippen LogP contribution in [-0.2, 0) is 10.3 Å². The minimum absolute atomic E-state index is 0. The van der Waals surface area contributed by atoms with Crippen molar-refractivity contribution in [2.24, 2.45) is 5.92 Å². The summed E-state index contributed by atoms with van der Waals surface area (Å²) in [6.45, 7) is 15.3. The summed E-state index contributed by atoms with van der Waals surface area (Å²) in [5.74, 6) is 2.55. The van der Waals surface area contributed by atoms with Crippen molar-refractivity contribution >= 4 is 17.1 Å². The fourth-order valence-electron chi connectivity index (χ4n) is 4.56. The van der Waals surface area contributed by atoms with E-state index in [1.807, 2.05) is 57.7 Å². The third-order valence-electron chi connectivity index (χ3n) is 6.75. The molecule has 186 valence electrons. The zero-order valence-electron chi connectivity index (χ0n) is 21.9. The van der Waals surface area contributed by atoms with Gasteiger partial charge in [-0.05, 0) is 70.3 Å². The number of likely N-dealkylation sites (tertiary alicyclic amines) is 1. The van der Waals surface area contributed by atoms with Crippen LogP contribution in [0.1, 0.15) is 86.9 Å². The maximum Gasteiger partial charge on any atom is 0.411 e. The molecular formula is C26H39N3O3U2-2. The molecule has 34 heavy (non-hydrogen) atoms. The van der Waals surface area contributed by atoms with Crippen molar-refractivity contribution in [2.45, 2.75) is 104 Å². The fourth-order valence-corrected chi connectivity index (χ4v) is 4.56. The number of rotatable bonds is 2. The van der Waals surface area contributed by atoms with E-state index in [0.29, 0.717) is 5.92 Å². The van der Waals surface area contributed by atoms with E-state index in [1.54, 1.807) is 13.8 Å². The van der Waals surface area contributed by atoms with E-state index < -0.39 is 16.7 Å². The number of imidazole rings is 1. The number of ether oxygens (including phenoxy) is 1. The van der Waals surface area contributed by atoms with Gasteiger partial charge in [0, 0.05) is 68.3 Å². The summed E-state index contributed by atoms with van der Waals surface area (Å²) >= 11 is 0. The molecule has 1 saturated heterocycles. The number of aromatic amines is 1. The summed E-state index contributed by atoms with van der Waals surface area (Å²) < 4.78 is 5.76. The molecule has 1 amide bonds. The second-order valence-electron chi connectivity index (χ2n) is 11.2. The summed E-state index contributed by atoms with van der Waals surface area (Å²) in [7, 11) is 0. The van der Waals surface area contributed by atoms with E-state index in [-0.39, 0.29) is 74.4 Å². The third kappa shape index (κ3) is 7.52. The minimum Gasteiger partial charge on any atom is -0.444 e. The normalized spacial score (nSPS) is 24.1. The number of nitrogens with zero attached hydrogens (tertiary/aromatic N) is 2. The molecule has 2 aromatic rings. The monoisotopic (exact) mass is 917 g/mol. The standard InChI is InChI=1S/C20H26N3O2.C6H13O.2U/c1-19(2,3)25-18(24)23-14-10-9-13(11-14)12-20(23,4)17-21-15-7-5-6-8-16(15)22-17;1-5(2)6(3,4)7;;/h5,7-8,13-14H,9-12H2,1-4H3,(H,21,22);7H,1-4H3;;/q2*-1;;/t13?,14-,20-;;;/m0.../s1. The van der Waals surface area contributed by atoms with Crippen LogP contribution < -0.4 is 0 Å². The van der Waals surface area contributed by atoms with Crippen molar-refractivity contribution in [1.29, 1.82) is 0 Å². The Kier molecular flexibility index (Phi) is 11.4. The molecule has 2 fully saturated rings. The third-order valence-corrected chi connectivity index (χ3v) is 6.75. The smallest absolute Gasteiger partial charge is 0.411 e. The van der Waals surface area contributed by atoms with Gasteiger partial charge in [0.25, 0.3) is 0 Å². The van der Waals surface area contributed by atoms with Crippen LogP contribution in [0.15, 0.2) is 18.2 Å². The van der Waals surface area contributed by atoms with Crippen molar-refractivity contribution in [3.63, 3.8) is 0 Å². The van der Waals surface area contributed by atoms with Crippen LogP contribution in [-0.4, -0.2) is 43.3 Å². The molecule has 1 saturated carbocycles. The van der Waals surface area contributed by atoms with E-state index in [9.17, 15) is 4.79 Å². The predicted octanol–water partition coefficient (Wildman–Crippen LogP) is 5.76. The number of nitrogens with one attached hydrogen (secondary N) is 1. The van der Waals surface area contributed by atoms with Gasteiger partial charge in [-0.3, -0.25) is 15.8 Å². The number of benzene rings is 1. The van der Waals surface area contributed by atoms with Gasteiger partial charge >= 0.3 is 6.09 Å². The molecule has 0 spiro atoms. The summed E-state index contributed by atoms with van der Waals surface area (Å²) in [4.78, 5) is 23.3. The van der Waals surface area contributed by atoms with E-state index in [0.717, 1.165) is 42.0 Å². The van der Waals surface area contributed by atoms with E-state index >= 15 is 0 Å². The Hall–Kier alpha value is 0.0239. The molecule has 3 atom stereocenters. The average Bonchev–Trinajstić information content (AvgIpc) is 3.24. The van der Waals surface area contributed by atoms with E-state index in [1.165, 1.54) is 6.42 Å². The summed E-state index contributed by atoms with van der Waals surface area (Å²) in [6, 6.07) is 9.04. The SMILES string of the molecule is CC(C)(C)OC(=O)N1[C@H]2CCC(C2)C[C@@]1(C)c1nc2c[c-]ccc2[nH]1.C[C-](C)C(C)(C)O.[U].[U]. The van der Waals surface area contributed by atoms with Gasteiger partial charge in [-0.25, -0.2) is 4.79 Å². The van der Waals surface area contributed by atoms with Crippen molar-refractivity contribution < 1.29 is 76.9 Å². The number of piperidine rings is 1. The molecule has 1 unspecified atom stereocenters. The van der Waals surface area contributed by atoms with Gasteiger partial charge in [0.2, 0.25) is 0 Å². The zero-order chi connectivity index (χ0) is 23.9. The van der Waals surface area contributed by atoms with Crippen molar-refractivity contribution in [2.75, 3.05) is 0 Å². The number of fused-ring (bicyclic) bond motifs is 3. The first-order valence-electron chi connectivity index (χ1n) is 11.6. The van der Waals surface area contributed by atoms with Gasteiger partial charge in [0.15, 0.2) is 0 Å². The summed E-state index contributed by atoms with van der Waals surface area (Å²) in [5.41, 5.74) is 0.319. The van der Waals surface area contributed by atoms with Crippen LogP contribution >= 0.6 is 0 Å². The van der Waals surface area contributed by atoms with Gasteiger partial charge < -0.3 is 14.8 Å². The maximum absolute atomic E-state index is 13.1. The molecule has 2 aliphatic rings. The van der Waals surface area contributed by atoms with Gasteiger partial charge in [-0.1, -0.05) is 19.4 Å². The Bertz CT molecular complexity index is 916. The van der Waals surface area contributed by atoms with E-state index in [2.05, 4.69) is 18.0 Å². The molecule has 2 N–H and O–H groups in total. The van der Waals surface area contributed by atoms with Gasteiger partial charge in [-0.15, -0.1) is 12.1 Å². The Balaban J connectivity index is 0.000000567. The van der Waals surface area contributed by atoms with Crippen molar-refractivity contribution in [1.82, 2.24) is 14.9 Å². The summed E-state index contributed by atoms with van der Waals surface area (Å²) in [6.07, 6.45) is 3.99. The molecule has 8 heteroatoms. The number of amides is 1. The van der Waals surface area contributed by atoms with Crippen molar-refractivity contribution in [3.8, 4) is 0 Å². The molecule has 1 aliphatic carbocycles. The molecule has 1 aliphatic heterocycles. The molecule has 2 bridgehead atoms. The average molecular weight is 918 g/mol. The van der Waals surface area contributed by atoms with Gasteiger partial charge in [0.05, 0.1) is 0 Å². The second-order valence-corrected chi connectivity index (χ2v) is 11.2. The first kappa shape index (κ1) is 32.1. The first-order chi connectivity index (χ1) is 14.7. The summed E-state index contributed by atoms with van der Waals surface area (Å²) in [5, 5.41) is 9.06. The Labute approximate surface area is 252 Å². The Morgan fingerprint density at radius 1 is 1.26 bits per heavy atom. The number of aromatic nitrogens is 2. The quantitative estimate of drug-likeness (QED) is 0.377. The molecule has 2 heterocycles. The van der Waals surface area contributed by atoms with Crippen LogP contribution in [0.2, 0.25) is 0 Å². The first-order valence-corrected chi connectivity index (χ1v) is 11.6. The second kappa shape index (κ2) is 12.0. The number of hydrogen-bond acceptors (Lipinski definition) is 4. The molecule has 1 aromatic carbocycles. The van der Waals surface area contributed by atoms with Crippen LogP contribution in [0.5, 0.6) is 0 Å². The van der Waals surface area contributed by atoms with Crippen LogP contribution in [0.3, 0.4) is 0 Å². The topological polar surface area (TPSA) is 78.5 Å². The molecule has 6 nitrogen and oxygen atoms in total. The van der Waals surface area contributed by atoms with Crippen molar-refractivity contribution in [3.05, 3.63) is 36.0 Å². The number of carbonyl (C=O) groups excluding carboxylic acids is 1. The maximum atomic E-state index is 13.1. The molecule has 4 rings (SSSR count).